The van der Waals surface area contributed by atoms with Crippen LogP contribution in [0.25, 0.3) is 0 Å². The number of aryl methyl sites for hydroxylation is 1. The molecule has 0 radical (unpaired) electrons. The Balaban J connectivity index is 2.42. The van der Waals surface area contributed by atoms with E-state index in [1.54, 1.807) is 19.1 Å². The van der Waals surface area contributed by atoms with Crippen LogP contribution < -0.4 is 5.32 Å². The van der Waals surface area contributed by atoms with Gasteiger partial charge in [-0.05, 0) is 48.4 Å². The average molecular weight is 261 g/mol. The third-order valence-electron chi connectivity index (χ3n) is 3.12. The Labute approximate surface area is 112 Å². The highest BCUT2D eigenvalue weighted by atomic mass is 19.1. The molecule has 3 heteroatoms. The molecule has 0 aromatic heterocycles. The summed E-state index contributed by atoms with van der Waals surface area (Å²) in [5.41, 5.74) is 2.21. The molecule has 0 aliphatic carbocycles. The van der Waals surface area contributed by atoms with E-state index in [4.69, 9.17) is 0 Å². The molecule has 2 aromatic rings. The zero-order valence-corrected chi connectivity index (χ0v) is 11.1. The van der Waals surface area contributed by atoms with Crippen LogP contribution in [0.2, 0.25) is 0 Å². The predicted molar refractivity (Wildman–Crippen MR) is 73.1 cm³/mol. The highest BCUT2D eigenvalue weighted by Crippen LogP contribution is 2.24. The van der Waals surface area contributed by atoms with Crippen LogP contribution in [0.1, 0.15) is 29.7 Å². The van der Waals surface area contributed by atoms with Gasteiger partial charge in [-0.1, -0.05) is 31.2 Å². The Hall–Kier alpha value is -1.74. The van der Waals surface area contributed by atoms with Crippen molar-refractivity contribution in [1.82, 2.24) is 5.32 Å². The van der Waals surface area contributed by atoms with Crippen LogP contribution >= 0.6 is 0 Å². The second kappa shape index (κ2) is 5.93. The maximum Gasteiger partial charge on any atom is 0.126 e. The number of rotatable bonds is 4. The SMILES string of the molecule is CCNC(c1cccc(F)c1)c1ccc(C)c(F)c1. The highest BCUT2D eigenvalue weighted by Gasteiger charge is 2.14. The lowest BCUT2D eigenvalue weighted by molar-refractivity contribution is 0.589. The van der Waals surface area contributed by atoms with E-state index in [1.807, 2.05) is 19.1 Å². The summed E-state index contributed by atoms with van der Waals surface area (Å²) < 4.78 is 27.0. The maximum absolute atomic E-state index is 13.7. The summed E-state index contributed by atoms with van der Waals surface area (Å²) in [7, 11) is 0. The van der Waals surface area contributed by atoms with Crippen molar-refractivity contribution in [1.29, 1.82) is 0 Å². The Morgan fingerprint density at radius 2 is 1.79 bits per heavy atom. The first-order valence-electron chi connectivity index (χ1n) is 6.36. The van der Waals surface area contributed by atoms with Gasteiger partial charge in [0.15, 0.2) is 0 Å². The fraction of sp³-hybridized carbons (Fsp3) is 0.250. The normalized spacial score (nSPS) is 12.4. The van der Waals surface area contributed by atoms with Crippen LogP contribution in [0.3, 0.4) is 0 Å². The van der Waals surface area contributed by atoms with Crippen molar-refractivity contribution >= 4 is 0 Å². The van der Waals surface area contributed by atoms with Crippen molar-refractivity contribution < 1.29 is 8.78 Å². The minimum atomic E-state index is -0.284. The molecule has 100 valence electrons. The average Bonchev–Trinajstić information content (AvgIpc) is 2.39. The number of nitrogens with one attached hydrogen (secondary N) is 1. The van der Waals surface area contributed by atoms with Gasteiger partial charge in [-0.15, -0.1) is 0 Å². The molecule has 1 unspecified atom stereocenters. The van der Waals surface area contributed by atoms with Crippen molar-refractivity contribution in [2.45, 2.75) is 19.9 Å². The van der Waals surface area contributed by atoms with Crippen LogP contribution in [-0.2, 0) is 0 Å². The quantitative estimate of drug-likeness (QED) is 0.878. The van der Waals surface area contributed by atoms with Gasteiger partial charge in [0.2, 0.25) is 0 Å². The van der Waals surface area contributed by atoms with E-state index < -0.39 is 0 Å². The van der Waals surface area contributed by atoms with E-state index in [-0.39, 0.29) is 17.7 Å². The smallest absolute Gasteiger partial charge is 0.126 e. The molecule has 2 aromatic carbocycles. The number of hydrogen-bond acceptors (Lipinski definition) is 1. The molecule has 0 fully saturated rings. The lowest BCUT2D eigenvalue weighted by Crippen LogP contribution is -2.22. The van der Waals surface area contributed by atoms with Crippen molar-refractivity contribution in [3.05, 3.63) is 70.8 Å². The van der Waals surface area contributed by atoms with E-state index in [9.17, 15) is 8.78 Å². The number of hydrogen-bond donors (Lipinski definition) is 1. The van der Waals surface area contributed by atoms with E-state index in [1.165, 1.54) is 18.2 Å². The first kappa shape index (κ1) is 13.7. The molecule has 0 aliphatic heterocycles. The molecule has 1 atom stereocenters. The Morgan fingerprint density at radius 1 is 1.05 bits per heavy atom. The molecule has 0 saturated heterocycles. The standard InChI is InChI=1S/C16H17F2N/c1-3-19-16(12-5-4-6-14(17)9-12)13-8-7-11(2)15(18)10-13/h4-10,16,19H,3H2,1-2H3. The summed E-state index contributed by atoms with van der Waals surface area (Å²) in [6.45, 7) is 4.41. The zero-order valence-electron chi connectivity index (χ0n) is 11.1. The van der Waals surface area contributed by atoms with Gasteiger partial charge in [0.05, 0.1) is 6.04 Å². The van der Waals surface area contributed by atoms with E-state index >= 15 is 0 Å². The molecule has 1 N–H and O–H groups in total. The number of benzene rings is 2. The summed E-state index contributed by atoms with van der Waals surface area (Å²) in [4.78, 5) is 0. The minimum Gasteiger partial charge on any atom is -0.307 e. The van der Waals surface area contributed by atoms with Crippen LogP contribution in [0.15, 0.2) is 42.5 Å². The summed E-state index contributed by atoms with van der Waals surface area (Å²) in [5.74, 6) is -0.523. The summed E-state index contributed by atoms with van der Waals surface area (Å²) in [6, 6.07) is 11.3. The maximum atomic E-state index is 13.7. The van der Waals surface area contributed by atoms with Crippen LogP contribution in [0, 0.1) is 18.6 Å². The van der Waals surface area contributed by atoms with Gasteiger partial charge in [-0.3, -0.25) is 0 Å². The fourth-order valence-corrected chi connectivity index (χ4v) is 2.11. The predicted octanol–water partition coefficient (Wildman–Crippen LogP) is 3.97. The number of halogens is 2. The second-order valence-electron chi connectivity index (χ2n) is 4.55. The molecule has 0 aliphatic rings. The molecular formula is C16H17F2N. The minimum absolute atomic E-state index is 0.198. The second-order valence-corrected chi connectivity index (χ2v) is 4.55. The molecule has 0 heterocycles. The van der Waals surface area contributed by atoms with Crippen LogP contribution in [0.4, 0.5) is 8.78 Å². The molecule has 0 amide bonds. The fourth-order valence-electron chi connectivity index (χ4n) is 2.11. The highest BCUT2D eigenvalue weighted by molar-refractivity contribution is 5.34. The van der Waals surface area contributed by atoms with Crippen molar-refractivity contribution in [2.75, 3.05) is 6.54 Å². The third-order valence-corrected chi connectivity index (χ3v) is 3.12. The van der Waals surface area contributed by atoms with Crippen molar-refractivity contribution in [2.24, 2.45) is 0 Å². The van der Waals surface area contributed by atoms with E-state index in [0.717, 1.165) is 17.7 Å². The Bertz CT molecular complexity index is 566. The lowest BCUT2D eigenvalue weighted by Gasteiger charge is -2.19. The molecule has 1 nitrogen and oxygen atoms in total. The largest absolute Gasteiger partial charge is 0.307 e. The van der Waals surface area contributed by atoms with Gasteiger partial charge in [-0.2, -0.15) is 0 Å². The lowest BCUT2D eigenvalue weighted by atomic mass is 9.97. The molecule has 2 rings (SSSR count). The molecule has 19 heavy (non-hydrogen) atoms. The Kier molecular flexibility index (Phi) is 4.27. The van der Waals surface area contributed by atoms with Gasteiger partial charge in [-0.25, -0.2) is 8.78 Å². The van der Waals surface area contributed by atoms with Gasteiger partial charge in [0, 0.05) is 0 Å². The van der Waals surface area contributed by atoms with E-state index in [0.29, 0.717) is 5.56 Å². The van der Waals surface area contributed by atoms with Crippen molar-refractivity contribution in [3.8, 4) is 0 Å². The molecular weight excluding hydrogens is 244 g/mol. The van der Waals surface area contributed by atoms with Gasteiger partial charge in [0.25, 0.3) is 0 Å². The summed E-state index contributed by atoms with van der Waals surface area (Å²) in [6.07, 6.45) is 0. The van der Waals surface area contributed by atoms with Gasteiger partial charge in [0.1, 0.15) is 11.6 Å². The Morgan fingerprint density at radius 3 is 2.42 bits per heavy atom. The zero-order chi connectivity index (χ0) is 13.8. The van der Waals surface area contributed by atoms with Crippen LogP contribution in [-0.4, -0.2) is 6.54 Å². The van der Waals surface area contributed by atoms with Crippen molar-refractivity contribution in [3.63, 3.8) is 0 Å². The van der Waals surface area contributed by atoms with Gasteiger partial charge >= 0.3 is 0 Å². The first-order chi connectivity index (χ1) is 9.11. The summed E-state index contributed by atoms with van der Waals surface area (Å²) in [5, 5.41) is 3.26. The summed E-state index contributed by atoms with van der Waals surface area (Å²) >= 11 is 0. The third kappa shape index (κ3) is 3.18. The van der Waals surface area contributed by atoms with E-state index in [2.05, 4.69) is 5.32 Å². The topological polar surface area (TPSA) is 12.0 Å². The first-order valence-corrected chi connectivity index (χ1v) is 6.36. The molecule has 0 bridgehead atoms. The molecule has 0 spiro atoms. The monoisotopic (exact) mass is 261 g/mol. The molecule has 0 saturated carbocycles. The van der Waals surface area contributed by atoms with Gasteiger partial charge < -0.3 is 5.32 Å². The van der Waals surface area contributed by atoms with Crippen LogP contribution in [0.5, 0.6) is 0 Å².